The SMILES string of the molecule is COc1cccc(C2C(C#N)=C(N)N(c3nnc(SCC(=O)NCCc4ccccc4)s3)C3=C2C(=O)CCC3)c1. The predicted octanol–water partition coefficient (Wildman–Crippen LogP) is 4.30. The molecule has 0 bridgehead atoms. The Morgan fingerprint density at radius 1 is 1.23 bits per heavy atom. The molecule has 1 amide bonds. The summed E-state index contributed by atoms with van der Waals surface area (Å²) >= 11 is 2.56. The Kier molecular flexibility index (Phi) is 8.48. The van der Waals surface area contributed by atoms with Gasteiger partial charge >= 0.3 is 0 Å². The lowest BCUT2D eigenvalue weighted by Gasteiger charge is -2.38. The van der Waals surface area contributed by atoms with Gasteiger partial charge in [-0.25, -0.2) is 0 Å². The van der Waals surface area contributed by atoms with Gasteiger partial charge in [-0.2, -0.15) is 5.26 Å². The van der Waals surface area contributed by atoms with Crippen molar-refractivity contribution in [3.05, 3.63) is 88.4 Å². The molecule has 204 valence electrons. The van der Waals surface area contributed by atoms with Crippen molar-refractivity contribution in [2.24, 2.45) is 5.73 Å². The van der Waals surface area contributed by atoms with E-state index in [0.29, 0.717) is 46.6 Å². The number of nitrogens with zero attached hydrogens (tertiary/aromatic N) is 4. The summed E-state index contributed by atoms with van der Waals surface area (Å²) in [6, 6.07) is 19.6. The molecule has 0 fully saturated rings. The largest absolute Gasteiger partial charge is 0.497 e. The zero-order valence-electron chi connectivity index (χ0n) is 21.9. The zero-order chi connectivity index (χ0) is 28.1. The molecule has 1 aromatic heterocycles. The monoisotopic (exact) mass is 572 g/mol. The summed E-state index contributed by atoms with van der Waals surface area (Å²) in [5.41, 5.74) is 10.1. The summed E-state index contributed by atoms with van der Waals surface area (Å²) in [5.74, 6) is 0.380. The average Bonchev–Trinajstić information content (AvgIpc) is 3.44. The van der Waals surface area contributed by atoms with Crippen molar-refractivity contribution in [1.82, 2.24) is 15.5 Å². The molecule has 5 rings (SSSR count). The molecule has 9 nitrogen and oxygen atoms in total. The molecule has 1 unspecified atom stereocenters. The fourth-order valence-electron chi connectivity index (χ4n) is 4.98. The second kappa shape index (κ2) is 12.4. The van der Waals surface area contributed by atoms with Crippen molar-refractivity contribution in [1.29, 1.82) is 5.26 Å². The smallest absolute Gasteiger partial charge is 0.230 e. The Hall–Kier alpha value is -4.14. The molecule has 2 heterocycles. The van der Waals surface area contributed by atoms with Gasteiger partial charge in [-0.05, 0) is 42.5 Å². The highest BCUT2D eigenvalue weighted by molar-refractivity contribution is 8.01. The van der Waals surface area contributed by atoms with E-state index in [2.05, 4.69) is 21.6 Å². The van der Waals surface area contributed by atoms with Crippen LogP contribution in [0.1, 0.15) is 36.3 Å². The van der Waals surface area contributed by atoms with Crippen LogP contribution < -0.4 is 20.7 Å². The minimum atomic E-state index is -0.583. The average molecular weight is 573 g/mol. The second-order valence-corrected chi connectivity index (χ2v) is 11.5. The normalized spacial score (nSPS) is 16.9. The number of amides is 1. The van der Waals surface area contributed by atoms with Crippen molar-refractivity contribution >= 4 is 39.9 Å². The summed E-state index contributed by atoms with van der Waals surface area (Å²) < 4.78 is 5.99. The van der Waals surface area contributed by atoms with E-state index in [1.54, 1.807) is 12.0 Å². The van der Waals surface area contributed by atoms with Crippen LogP contribution >= 0.6 is 23.1 Å². The number of carbonyl (C=O) groups is 2. The number of thioether (sulfide) groups is 1. The molecule has 40 heavy (non-hydrogen) atoms. The van der Waals surface area contributed by atoms with Crippen molar-refractivity contribution < 1.29 is 14.3 Å². The molecule has 1 atom stereocenters. The van der Waals surface area contributed by atoms with Crippen LogP contribution in [0.15, 0.2) is 81.6 Å². The molecule has 0 saturated heterocycles. The molecule has 2 aromatic carbocycles. The first-order valence-electron chi connectivity index (χ1n) is 12.9. The number of carbonyl (C=O) groups excluding carboxylic acids is 2. The number of rotatable bonds is 9. The van der Waals surface area contributed by atoms with Crippen LogP contribution in [0.4, 0.5) is 5.13 Å². The van der Waals surface area contributed by atoms with Gasteiger partial charge in [0.2, 0.25) is 11.0 Å². The first-order valence-corrected chi connectivity index (χ1v) is 14.7. The number of allylic oxidation sites excluding steroid dienone is 3. The predicted molar refractivity (Wildman–Crippen MR) is 155 cm³/mol. The number of methoxy groups -OCH3 is 1. The number of ether oxygens (including phenoxy) is 1. The standard InChI is InChI=1S/C29H28N6O3S2/c1-38-20-10-5-9-19(15-20)25-21(16-30)27(31)35(22-11-6-12-23(36)26(22)25)28-33-34-29(40-28)39-17-24(37)32-14-13-18-7-3-2-4-8-18/h2-5,7-10,15,25H,6,11-14,17,31H2,1H3,(H,32,37). The van der Waals surface area contributed by atoms with Crippen molar-refractivity contribution in [2.75, 3.05) is 24.3 Å². The molecule has 1 aliphatic heterocycles. The highest BCUT2D eigenvalue weighted by Crippen LogP contribution is 2.47. The molecule has 11 heteroatoms. The molecule has 0 saturated carbocycles. The number of benzene rings is 2. The topological polar surface area (TPSA) is 134 Å². The minimum absolute atomic E-state index is 0.00870. The van der Waals surface area contributed by atoms with Crippen LogP contribution in [-0.4, -0.2) is 41.3 Å². The zero-order valence-corrected chi connectivity index (χ0v) is 23.6. The summed E-state index contributed by atoms with van der Waals surface area (Å²) in [4.78, 5) is 27.4. The maximum Gasteiger partial charge on any atom is 0.230 e. The summed E-state index contributed by atoms with van der Waals surface area (Å²) in [6.45, 7) is 0.552. The fourth-order valence-corrected chi connectivity index (χ4v) is 6.69. The summed E-state index contributed by atoms with van der Waals surface area (Å²) in [5, 5.41) is 22.2. The Bertz CT molecular complexity index is 1530. The van der Waals surface area contributed by atoms with Gasteiger partial charge < -0.3 is 15.8 Å². The van der Waals surface area contributed by atoms with Gasteiger partial charge in [0, 0.05) is 24.2 Å². The maximum absolute atomic E-state index is 13.3. The number of aromatic nitrogens is 2. The van der Waals surface area contributed by atoms with Crippen molar-refractivity contribution in [3.63, 3.8) is 0 Å². The number of Topliss-reactive ketones (excluding diaryl/α,β-unsaturated/α-hetero) is 1. The molecular weight excluding hydrogens is 544 g/mol. The number of ketones is 1. The third-order valence-electron chi connectivity index (χ3n) is 6.83. The number of hydrogen-bond acceptors (Lipinski definition) is 10. The second-order valence-electron chi connectivity index (χ2n) is 9.32. The highest BCUT2D eigenvalue weighted by atomic mass is 32.2. The van der Waals surface area contributed by atoms with E-state index in [4.69, 9.17) is 10.5 Å². The number of hydrogen-bond donors (Lipinski definition) is 2. The van der Waals surface area contributed by atoms with Crippen LogP contribution in [0, 0.1) is 11.3 Å². The molecule has 1 aliphatic carbocycles. The Labute approximate surface area is 240 Å². The van der Waals surface area contributed by atoms with E-state index < -0.39 is 5.92 Å². The number of nitrogens with one attached hydrogen (secondary N) is 1. The first kappa shape index (κ1) is 27.4. The van der Waals surface area contributed by atoms with Gasteiger partial charge in [0.25, 0.3) is 0 Å². The van der Waals surface area contributed by atoms with E-state index in [1.165, 1.54) is 23.1 Å². The highest BCUT2D eigenvalue weighted by Gasteiger charge is 2.41. The van der Waals surface area contributed by atoms with Crippen LogP contribution in [-0.2, 0) is 16.0 Å². The summed E-state index contributed by atoms with van der Waals surface area (Å²) in [7, 11) is 1.58. The van der Waals surface area contributed by atoms with Gasteiger partial charge in [0.05, 0.1) is 30.4 Å². The van der Waals surface area contributed by atoms with E-state index >= 15 is 0 Å². The summed E-state index contributed by atoms with van der Waals surface area (Å²) in [6.07, 6.45) is 2.46. The van der Waals surface area contributed by atoms with Crippen LogP contribution in [0.25, 0.3) is 0 Å². The molecular formula is C29H28N6O3S2. The molecule has 3 N–H and O–H groups in total. The lowest BCUT2D eigenvalue weighted by Crippen LogP contribution is -2.38. The Morgan fingerprint density at radius 3 is 2.83 bits per heavy atom. The quantitative estimate of drug-likeness (QED) is 0.360. The molecule has 3 aromatic rings. The third kappa shape index (κ3) is 5.73. The van der Waals surface area contributed by atoms with Crippen LogP contribution in [0.3, 0.4) is 0 Å². The molecule has 0 spiro atoms. The lowest BCUT2D eigenvalue weighted by molar-refractivity contribution is -0.118. The van der Waals surface area contributed by atoms with E-state index in [0.717, 1.165) is 23.2 Å². The van der Waals surface area contributed by atoms with Gasteiger partial charge in [0.15, 0.2) is 10.1 Å². The Balaban J connectivity index is 1.35. The molecule has 0 radical (unpaired) electrons. The number of anilines is 1. The third-order valence-corrected chi connectivity index (χ3v) is 8.87. The number of nitriles is 1. The van der Waals surface area contributed by atoms with Gasteiger partial charge in [-0.15, -0.1) is 10.2 Å². The number of nitrogens with two attached hydrogens (primary N) is 1. The van der Waals surface area contributed by atoms with Gasteiger partial charge in [0.1, 0.15) is 11.6 Å². The van der Waals surface area contributed by atoms with Gasteiger partial charge in [-0.1, -0.05) is 65.6 Å². The van der Waals surface area contributed by atoms with Crippen LogP contribution in [0.2, 0.25) is 0 Å². The first-order chi connectivity index (χ1) is 19.5. The van der Waals surface area contributed by atoms with E-state index in [9.17, 15) is 14.9 Å². The van der Waals surface area contributed by atoms with Crippen molar-refractivity contribution in [2.45, 2.75) is 35.9 Å². The van der Waals surface area contributed by atoms with Gasteiger partial charge in [-0.3, -0.25) is 14.5 Å². The van der Waals surface area contributed by atoms with E-state index in [-0.39, 0.29) is 28.8 Å². The fraction of sp³-hybridized carbons (Fsp3) is 0.276. The van der Waals surface area contributed by atoms with E-state index in [1.807, 2.05) is 54.6 Å². The maximum atomic E-state index is 13.3. The van der Waals surface area contributed by atoms with Crippen molar-refractivity contribution in [3.8, 4) is 11.8 Å². The van der Waals surface area contributed by atoms with Crippen LogP contribution in [0.5, 0.6) is 5.75 Å². The Morgan fingerprint density at radius 2 is 2.05 bits per heavy atom. The molecule has 2 aliphatic rings. The lowest BCUT2D eigenvalue weighted by atomic mass is 9.76. The minimum Gasteiger partial charge on any atom is -0.497 e.